The quantitative estimate of drug-likeness (QED) is 0.780. The smallest absolute Gasteiger partial charge is 0.227 e. The molecule has 0 atom stereocenters. The zero-order valence-electron chi connectivity index (χ0n) is 15.5. The number of methoxy groups -OCH3 is 1. The number of carbonyl (C=O) groups is 1. The minimum Gasteiger partial charge on any atom is -0.497 e. The number of amides is 1. The number of aromatic nitrogens is 1. The van der Waals surface area contributed by atoms with E-state index in [1.54, 1.807) is 7.11 Å². The van der Waals surface area contributed by atoms with Gasteiger partial charge in [0.2, 0.25) is 5.91 Å². The van der Waals surface area contributed by atoms with E-state index in [-0.39, 0.29) is 17.7 Å². The van der Waals surface area contributed by atoms with Crippen molar-refractivity contribution in [2.75, 3.05) is 20.3 Å². The topological polar surface area (TPSA) is 73.6 Å². The second kappa shape index (κ2) is 8.05. The summed E-state index contributed by atoms with van der Waals surface area (Å²) in [6.07, 6.45) is 0.178. The molecule has 0 aliphatic rings. The van der Waals surface area contributed by atoms with Crippen molar-refractivity contribution in [3.63, 3.8) is 0 Å². The van der Waals surface area contributed by atoms with Crippen LogP contribution in [0.2, 0.25) is 0 Å². The lowest BCUT2D eigenvalue weighted by Crippen LogP contribution is -2.29. The first-order valence-corrected chi connectivity index (χ1v) is 8.30. The summed E-state index contributed by atoms with van der Waals surface area (Å²) in [4.78, 5) is 16.5. The van der Waals surface area contributed by atoms with E-state index in [0.717, 1.165) is 17.2 Å². The highest BCUT2D eigenvalue weighted by atomic mass is 16.5. The van der Waals surface area contributed by atoms with Crippen molar-refractivity contribution in [2.45, 2.75) is 39.5 Å². The summed E-state index contributed by atoms with van der Waals surface area (Å²) in [7, 11) is 1.62. The average molecular weight is 346 g/mol. The maximum Gasteiger partial charge on any atom is 0.227 e. The first-order valence-electron chi connectivity index (χ1n) is 8.30. The van der Waals surface area contributed by atoms with E-state index in [1.165, 1.54) is 0 Å². The van der Waals surface area contributed by atoms with Crippen LogP contribution in [-0.4, -0.2) is 31.2 Å². The maximum absolute atomic E-state index is 12.0. The highest BCUT2D eigenvalue weighted by molar-refractivity contribution is 5.78. The molecule has 25 heavy (non-hydrogen) atoms. The van der Waals surface area contributed by atoms with Crippen molar-refractivity contribution in [2.24, 2.45) is 0 Å². The van der Waals surface area contributed by atoms with Crippen LogP contribution in [0.5, 0.6) is 11.5 Å². The van der Waals surface area contributed by atoms with Gasteiger partial charge in [-0.15, -0.1) is 0 Å². The third-order valence-corrected chi connectivity index (χ3v) is 3.61. The standard InChI is InChI=1S/C19H26N2O4/c1-13-16(25-18(21-13)19(2,3)4)12-17(22)20-10-11-24-15-8-6-14(23-5)7-9-15/h6-9H,10-12H2,1-5H3,(H,20,22). The van der Waals surface area contributed by atoms with Crippen molar-refractivity contribution in [1.29, 1.82) is 0 Å². The number of aryl methyl sites for hydroxylation is 1. The van der Waals surface area contributed by atoms with Crippen molar-refractivity contribution in [1.82, 2.24) is 10.3 Å². The monoisotopic (exact) mass is 346 g/mol. The number of carbonyl (C=O) groups excluding carboxylic acids is 1. The molecule has 0 aliphatic carbocycles. The van der Waals surface area contributed by atoms with Gasteiger partial charge < -0.3 is 19.2 Å². The molecule has 2 rings (SSSR count). The molecule has 2 aromatic rings. The SMILES string of the molecule is COc1ccc(OCCNC(=O)Cc2oc(C(C)(C)C)nc2C)cc1. The van der Waals surface area contributed by atoms with Crippen molar-refractivity contribution < 1.29 is 18.7 Å². The van der Waals surface area contributed by atoms with Gasteiger partial charge in [0.05, 0.1) is 25.8 Å². The van der Waals surface area contributed by atoms with Crippen molar-refractivity contribution in [3.8, 4) is 11.5 Å². The summed E-state index contributed by atoms with van der Waals surface area (Å²) in [5.41, 5.74) is 0.584. The summed E-state index contributed by atoms with van der Waals surface area (Å²) in [6.45, 7) is 8.74. The Bertz CT molecular complexity index is 699. The van der Waals surface area contributed by atoms with Gasteiger partial charge in [0.15, 0.2) is 5.89 Å². The van der Waals surface area contributed by atoms with Gasteiger partial charge in [-0.1, -0.05) is 20.8 Å². The molecule has 1 aromatic heterocycles. The van der Waals surface area contributed by atoms with E-state index < -0.39 is 0 Å². The van der Waals surface area contributed by atoms with Gasteiger partial charge in [0, 0.05) is 5.41 Å². The lowest BCUT2D eigenvalue weighted by Gasteiger charge is -2.12. The Hall–Kier alpha value is -2.50. The number of ether oxygens (including phenoxy) is 2. The number of rotatable bonds is 7. The summed E-state index contributed by atoms with van der Waals surface area (Å²) in [6, 6.07) is 7.31. The van der Waals surface area contributed by atoms with Crippen LogP contribution in [0.4, 0.5) is 0 Å². The zero-order chi connectivity index (χ0) is 18.4. The number of hydrogen-bond acceptors (Lipinski definition) is 5. The summed E-state index contributed by atoms with van der Waals surface area (Å²) < 4.78 is 16.4. The molecule has 1 amide bonds. The fourth-order valence-corrected chi connectivity index (χ4v) is 2.15. The van der Waals surface area contributed by atoms with Gasteiger partial charge >= 0.3 is 0 Å². The predicted molar refractivity (Wildman–Crippen MR) is 95.1 cm³/mol. The second-order valence-electron chi connectivity index (χ2n) is 6.83. The van der Waals surface area contributed by atoms with Crippen LogP contribution in [-0.2, 0) is 16.6 Å². The molecule has 0 bridgehead atoms. The van der Waals surface area contributed by atoms with Crippen LogP contribution in [0, 0.1) is 6.92 Å². The molecule has 1 N–H and O–H groups in total. The largest absolute Gasteiger partial charge is 0.497 e. The maximum atomic E-state index is 12.0. The van der Waals surface area contributed by atoms with Gasteiger partial charge in [-0.2, -0.15) is 0 Å². The molecular formula is C19H26N2O4. The Morgan fingerprint density at radius 1 is 1.20 bits per heavy atom. The van der Waals surface area contributed by atoms with E-state index in [9.17, 15) is 4.79 Å². The van der Waals surface area contributed by atoms with Crippen LogP contribution in [0.3, 0.4) is 0 Å². The van der Waals surface area contributed by atoms with E-state index in [2.05, 4.69) is 10.3 Å². The molecule has 0 radical (unpaired) electrons. The molecule has 0 unspecified atom stereocenters. The molecule has 136 valence electrons. The van der Waals surface area contributed by atoms with Crippen molar-refractivity contribution in [3.05, 3.63) is 41.6 Å². The number of nitrogens with one attached hydrogen (secondary N) is 1. The van der Waals surface area contributed by atoms with Gasteiger partial charge in [-0.3, -0.25) is 4.79 Å². The summed E-state index contributed by atoms with van der Waals surface area (Å²) in [5, 5.41) is 2.82. The van der Waals surface area contributed by atoms with E-state index >= 15 is 0 Å². The molecule has 0 saturated carbocycles. The molecule has 0 aliphatic heterocycles. The number of oxazole rings is 1. The second-order valence-corrected chi connectivity index (χ2v) is 6.83. The van der Waals surface area contributed by atoms with Gasteiger partial charge in [-0.05, 0) is 31.2 Å². The minimum atomic E-state index is -0.175. The fourth-order valence-electron chi connectivity index (χ4n) is 2.15. The van der Waals surface area contributed by atoms with Crippen LogP contribution in [0.1, 0.15) is 38.1 Å². The Morgan fingerprint density at radius 2 is 1.84 bits per heavy atom. The number of nitrogens with zero attached hydrogens (tertiary/aromatic N) is 1. The van der Waals surface area contributed by atoms with Crippen LogP contribution >= 0.6 is 0 Å². The lowest BCUT2D eigenvalue weighted by atomic mass is 9.97. The Kier molecular flexibility index (Phi) is 6.07. The van der Waals surface area contributed by atoms with Crippen molar-refractivity contribution >= 4 is 5.91 Å². The number of benzene rings is 1. The zero-order valence-corrected chi connectivity index (χ0v) is 15.5. The molecule has 1 heterocycles. The Balaban J connectivity index is 1.76. The lowest BCUT2D eigenvalue weighted by molar-refractivity contribution is -0.120. The molecule has 0 spiro atoms. The summed E-state index contributed by atoms with van der Waals surface area (Å²) >= 11 is 0. The highest BCUT2D eigenvalue weighted by Crippen LogP contribution is 2.24. The molecular weight excluding hydrogens is 320 g/mol. The molecule has 0 fully saturated rings. The fraction of sp³-hybridized carbons (Fsp3) is 0.474. The minimum absolute atomic E-state index is 0.113. The van der Waals surface area contributed by atoms with E-state index in [4.69, 9.17) is 13.9 Å². The predicted octanol–water partition coefficient (Wildman–Crippen LogP) is 3.03. The highest BCUT2D eigenvalue weighted by Gasteiger charge is 2.23. The van der Waals surface area contributed by atoms with Gasteiger partial charge in [-0.25, -0.2) is 4.98 Å². The van der Waals surface area contributed by atoms with Gasteiger partial charge in [0.25, 0.3) is 0 Å². The normalized spacial score (nSPS) is 11.2. The molecule has 1 aromatic carbocycles. The van der Waals surface area contributed by atoms with Gasteiger partial charge in [0.1, 0.15) is 23.9 Å². The van der Waals surface area contributed by atoms with Crippen LogP contribution < -0.4 is 14.8 Å². The first-order chi connectivity index (χ1) is 11.8. The Labute approximate surface area is 148 Å². The summed E-state index contributed by atoms with van der Waals surface area (Å²) in [5.74, 6) is 2.65. The van der Waals surface area contributed by atoms with E-state index in [0.29, 0.717) is 24.8 Å². The molecule has 6 heteroatoms. The van der Waals surface area contributed by atoms with Crippen LogP contribution in [0.15, 0.2) is 28.7 Å². The van der Waals surface area contributed by atoms with Crippen LogP contribution in [0.25, 0.3) is 0 Å². The Morgan fingerprint density at radius 3 is 2.40 bits per heavy atom. The first kappa shape index (κ1) is 18.8. The van der Waals surface area contributed by atoms with E-state index in [1.807, 2.05) is 52.0 Å². The molecule has 6 nitrogen and oxygen atoms in total. The third-order valence-electron chi connectivity index (χ3n) is 3.61. The third kappa shape index (κ3) is 5.52. The average Bonchev–Trinajstić information content (AvgIpc) is 2.93. The number of hydrogen-bond donors (Lipinski definition) is 1. The molecule has 0 saturated heterocycles.